The minimum absolute atomic E-state index is 0.275. The fourth-order valence-electron chi connectivity index (χ4n) is 3.48. The van der Waals surface area contributed by atoms with Crippen LogP contribution < -0.4 is 0 Å². The summed E-state index contributed by atoms with van der Waals surface area (Å²) in [5.41, 5.74) is 4.38. The minimum Gasteiger partial charge on any atom is -0.465 e. The lowest BCUT2D eigenvalue weighted by Gasteiger charge is -2.32. The summed E-state index contributed by atoms with van der Waals surface area (Å²) in [6, 6.07) is 7.87. The Bertz CT molecular complexity index is 698. The van der Waals surface area contributed by atoms with E-state index in [2.05, 4.69) is 35.3 Å². The molecule has 1 aliphatic heterocycles. The number of carbonyl (C=O) groups excluding carboxylic acids is 1. The first kappa shape index (κ1) is 16.7. The predicted molar refractivity (Wildman–Crippen MR) is 93.0 cm³/mol. The minimum atomic E-state index is -0.275. The van der Waals surface area contributed by atoms with E-state index in [4.69, 9.17) is 4.74 Å². The summed E-state index contributed by atoms with van der Waals surface area (Å²) in [7, 11) is 3.39. The van der Waals surface area contributed by atoms with Gasteiger partial charge < -0.3 is 4.74 Å². The first-order valence-corrected chi connectivity index (χ1v) is 8.46. The first-order chi connectivity index (χ1) is 11.6. The van der Waals surface area contributed by atoms with Crippen molar-refractivity contribution >= 4 is 5.97 Å². The van der Waals surface area contributed by atoms with Crippen LogP contribution in [0.2, 0.25) is 0 Å². The molecule has 0 N–H and O–H groups in total. The average Bonchev–Trinajstić information content (AvgIpc) is 2.92. The average molecular weight is 327 g/mol. The maximum absolute atomic E-state index is 11.5. The Morgan fingerprint density at radius 2 is 1.92 bits per heavy atom. The van der Waals surface area contributed by atoms with Gasteiger partial charge in [0, 0.05) is 25.4 Å². The molecule has 0 saturated carbocycles. The number of piperidine rings is 1. The van der Waals surface area contributed by atoms with E-state index < -0.39 is 0 Å². The van der Waals surface area contributed by atoms with Crippen LogP contribution in [-0.4, -0.2) is 40.8 Å². The van der Waals surface area contributed by atoms with Crippen LogP contribution in [0.4, 0.5) is 0 Å². The van der Waals surface area contributed by atoms with Crippen molar-refractivity contribution in [2.75, 3.05) is 20.2 Å². The predicted octanol–water partition coefficient (Wildman–Crippen LogP) is 2.89. The fourth-order valence-corrected chi connectivity index (χ4v) is 3.48. The van der Waals surface area contributed by atoms with Gasteiger partial charge in [0.2, 0.25) is 0 Å². The second-order valence-electron chi connectivity index (χ2n) is 6.58. The molecule has 0 spiro atoms. The summed E-state index contributed by atoms with van der Waals surface area (Å²) >= 11 is 0. The highest BCUT2D eigenvalue weighted by Gasteiger charge is 2.21. The third-order valence-corrected chi connectivity index (χ3v) is 4.90. The van der Waals surface area contributed by atoms with Crippen LogP contribution in [0.15, 0.2) is 30.5 Å². The van der Waals surface area contributed by atoms with E-state index in [1.165, 1.54) is 18.2 Å². The number of aromatic nitrogens is 2. The first-order valence-electron chi connectivity index (χ1n) is 8.46. The molecule has 0 amide bonds. The van der Waals surface area contributed by atoms with Gasteiger partial charge in [0.1, 0.15) is 0 Å². The zero-order valence-corrected chi connectivity index (χ0v) is 14.7. The Balaban J connectivity index is 1.56. The highest BCUT2D eigenvalue weighted by molar-refractivity contribution is 5.89. The molecule has 1 fully saturated rings. The lowest BCUT2D eigenvalue weighted by atomic mass is 9.89. The Morgan fingerprint density at radius 1 is 1.25 bits per heavy atom. The lowest BCUT2D eigenvalue weighted by molar-refractivity contribution is 0.0600. The number of ether oxygens (including phenoxy) is 1. The highest BCUT2D eigenvalue weighted by atomic mass is 16.5. The molecule has 5 nitrogen and oxygen atoms in total. The van der Waals surface area contributed by atoms with Crippen molar-refractivity contribution in [1.29, 1.82) is 0 Å². The van der Waals surface area contributed by atoms with Crippen LogP contribution in [0, 0.1) is 6.92 Å². The smallest absolute Gasteiger partial charge is 0.337 e. The van der Waals surface area contributed by atoms with Gasteiger partial charge in [-0.05, 0) is 56.5 Å². The van der Waals surface area contributed by atoms with Crippen LogP contribution in [0.25, 0.3) is 0 Å². The monoisotopic (exact) mass is 327 g/mol. The molecule has 2 heterocycles. The Labute approximate surface area is 143 Å². The number of rotatable bonds is 4. The summed E-state index contributed by atoms with van der Waals surface area (Å²) in [4.78, 5) is 14.0. The van der Waals surface area contributed by atoms with Crippen molar-refractivity contribution in [2.45, 2.75) is 32.2 Å². The largest absolute Gasteiger partial charge is 0.465 e. The highest BCUT2D eigenvalue weighted by Crippen LogP contribution is 2.29. The number of carbonyl (C=O) groups is 1. The van der Waals surface area contributed by atoms with Crippen molar-refractivity contribution in [1.82, 2.24) is 14.7 Å². The number of benzene rings is 1. The van der Waals surface area contributed by atoms with Gasteiger partial charge in [-0.25, -0.2) is 4.79 Å². The number of methoxy groups -OCH3 is 1. The van der Waals surface area contributed by atoms with Crippen molar-refractivity contribution in [3.8, 4) is 0 Å². The standard InChI is InChI=1S/C19H25N3O2/c1-14-18(12-21(2)20-14)13-22-10-8-16(9-11-22)15-4-6-17(7-5-15)19(23)24-3/h4-7,12,16H,8-11,13H2,1-3H3. The molecule has 1 aliphatic rings. The summed E-state index contributed by atoms with van der Waals surface area (Å²) < 4.78 is 6.64. The molecule has 1 saturated heterocycles. The van der Waals surface area contributed by atoms with Crippen molar-refractivity contribution in [3.63, 3.8) is 0 Å². The van der Waals surface area contributed by atoms with Crippen LogP contribution in [0.1, 0.15) is 45.9 Å². The number of esters is 1. The summed E-state index contributed by atoms with van der Waals surface area (Å²) in [6.45, 7) is 5.24. The van der Waals surface area contributed by atoms with E-state index >= 15 is 0 Å². The molecule has 3 rings (SSSR count). The number of aryl methyl sites for hydroxylation is 2. The van der Waals surface area contributed by atoms with Gasteiger partial charge in [-0.2, -0.15) is 5.10 Å². The van der Waals surface area contributed by atoms with Crippen LogP contribution in [0.3, 0.4) is 0 Å². The zero-order chi connectivity index (χ0) is 17.1. The molecule has 0 radical (unpaired) electrons. The van der Waals surface area contributed by atoms with Gasteiger partial charge >= 0.3 is 5.97 Å². The van der Waals surface area contributed by atoms with Gasteiger partial charge in [-0.3, -0.25) is 9.58 Å². The second-order valence-corrected chi connectivity index (χ2v) is 6.58. The van der Waals surface area contributed by atoms with Gasteiger partial charge in [0.25, 0.3) is 0 Å². The molecule has 0 bridgehead atoms. The Morgan fingerprint density at radius 3 is 2.46 bits per heavy atom. The maximum Gasteiger partial charge on any atom is 0.337 e. The molecule has 128 valence electrons. The van der Waals surface area contributed by atoms with E-state index in [-0.39, 0.29) is 5.97 Å². The van der Waals surface area contributed by atoms with Gasteiger partial charge in [0.15, 0.2) is 0 Å². The molecule has 1 aromatic carbocycles. The van der Waals surface area contributed by atoms with Crippen LogP contribution in [0.5, 0.6) is 0 Å². The quantitative estimate of drug-likeness (QED) is 0.810. The Hall–Kier alpha value is -2.14. The Kier molecular flexibility index (Phi) is 5.00. The normalized spacial score (nSPS) is 16.3. The zero-order valence-electron chi connectivity index (χ0n) is 14.7. The van der Waals surface area contributed by atoms with E-state index in [9.17, 15) is 4.79 Å². The van der Waals surface area contributed by atoms with Crippen LogP contribution >= 0.6 is 0 Å². The number of nitrogens with zero attached hydrogens (tertiary/aromatic N) is 3. The third kappa shape index (κ3) is 3.67. The van der Waals surface area contributed by atoms with Crippen molar-refractivity contribution < 1.29 is 9.53 Å². The van der Waals surface area contributed by atoms with Gasteiger partial charge in [0.05, 0.1) is 18.4 Å². The van der Waals surface area contributed by atoms with Gasteiger partial charge in [-0.15, -0.1) is 0 Å². The molecule has 5 heteroatoms. The molecular formula is C19H25N3O2. The summed E-state index contributed by atoms with van der Waals surface area (Å²) in [5.74, 6) is 0.297. The molecule has 0 atom stereocenters. The van der Waals surface area contributed by atoms with Gasteiger partial charge in [-0.1, -0.05) is 12.1 Å². The molecule has 2 aromatic rings. The topological polar surface area (TPSA) is 47.4 Å². The lowest BCUT2D eigenvalue weighted by Crippen LogP contribution is -2.32. The number of hydrogen-bond donors (Lipinski definition) is 0. The third-order valence-electron chi connectivity index (χ3n) is 4.90. The van der Waals surface area contributed by atoms with E-state index in [1.54, 1.807) is 0 Å². The summed E-state index contributed by atoms with van der Waals surface area (Å²) in [6.07, 6.45) is 4.42. The van der Waals surface area contributed by atoms with Crippen LogP contribution in [-0.2, 0) is 18.3 Å². The SMILES string of the molecule is COC(=O)c1ccc(C2CCN(Cc3cn(C)nc3C)CC2)cc1. The van der Waals surface area contributed by atoms with E-state index in [1.807, 2.05) is 23.9 Å². The molecule has 24 heavy (non-hydrogen) atoms. The van der Waals surface area contributed by atoms with E-state index in [0.29, 0.717) is 11.5 Å². The van der Waals surface area contributed by atoms with E-state index in [0.717, 1.165) is 38.2 Å². The molecule has 0 unspecified atom stereocenters. The number of likely N-dealkylation sites (tertiary alicyclic amines) is 1. The molecule has 1 aromatic heterocycles. The van der Waals surface area contributed by atoms with Crippen molar-refractivity contribution in [2.24, 2.45) is 7.05 Å². The maximum atomic E-state index is 11.5. The number of hydrogen-bond acceptors (Lipinski definition) is 4. The fraction of sp³-hybridized carbons (Fsp3) is 0.474. The molecular weight excluding hydrogens is 302 g/mol. The second kappa shape index (κ2) is 7.18. The molecule has 0 aliphatic carbocycles. The van der Waals surface area contributed by atoms with Crippen molar-refractivity contribution in [3.05, 3.63) is 52.8 Å². The summed E-state index contributed by atoms with van der Waals surface area (Å²) in [5, 5.41) is 4.42.